The van der Waals surface area contributed by atoms with E-state index in [-0.39, 0.29) is 19.9 Å². The predicted molar refractivity (Wildman–Crippen MR) is 59.2 cm³/mol. The Balaban J connectivity index is 3.41. The lowest BCUT2D eigenvalue weighted by Gasteiger charge is -2.11. The number of Topliss-reactive ketones (excluding diaryl/α,β-unsaturated/α-hetero) is 1. The number of hydrogen-bond acceptors (Lipinski definition) is 1. The first-order chi connectivity index (χ1) is 6.75. The maximum atomic E-state index is 12.4. The van der Waals surface area contributed by atoms with Crippen molar-refractivity contribution in [2.75, 3.05) is 0 Å². The maximum Gasteiger partial charge on any atom is 0.417 e. The Labute approximate surface area is 103 Å². The van der Waals surface area contributed by atoms with Gasteiger partial charge in [-0.25, -0.2) is 0 Å². The zero-order valence-corrected chi connectivity index (χ0v) is 10.4. The summed E-state index contributed by atoms with van der Waals surface area (Å²) in [5.41, 5.74) is -0.716. The van der Waals surface area contributed by atoms with Crippen molar-refractivity contribution < 1.29 is 18.0 Å². The summed E-state index contributed by atoms with van der Waals surface area (Å²) < 4.78 is 37.1. The SMILES string of the molecule is CC(=O)c1ccc(C(F)(F)F)c(I)c1Cl. The van der Waals surface area contributed by atoms with Gasteiger partial charge in [-0.3, -0.25) is 4.79 Å². The Bertz CT molecular complexity index is 415. The number of rotatable bonds is 1. The zero-order valence-electron chi connectivity index (χ0n) is 7.45. The van der Waals surface area contributed by atoms with Gasteiger partial charge >= 0.3 is 6.18 Å². The van der Waals surface area contributed by atoms with Crippen LogP contribution in [0.5, 0.6) is 0 Å². The number of ketones is 1. The molecular formula is C9H5ClF3IO. The fourth-order valence-corrected chi connectivity index (χ4v) is 2.11. The average molecular weight is 348 g/mol. The van der Waals surface area contributed by atoms with Crippen LogP contribution in [0.4, 0.5) is 13.2 Å². The van der Waals surface area contributed by atoms with Crippen LogP contribution in [0.3, 0.4) is 0 Å². The highest BCUT2D eigenvalue weighted by Gasteiger charge is 2.34. The molecule has 0 radical (unpaired) electrons. The summed E-state index contributed by atoms with van der Waals surface area (Å²) >= 11 is 7.16. The van der Waals surface area contributed by atoms with Gasteiger partial charge in [0.05, 0.1) is 10.6 Å². The van der Waals surface area contributed by atoms with Gasteiger partial charge in [0.25, 0.3) is 0 Å². The summed E-state index contributed by atoms with van der Waals surface area (Å²) in [6.45, 7) is 1.25. The molecule has 82 valence electrons. The van der Waals surface area contributed by atoms with Crippen LogP contribution in [-0.4, -0.2) is 5.78 Å². The first-order valence-corrected chi connectivity index (χ1v) is 5.27. The van der Waals surface area contributed by atoms with Gasteiger partial charge in [-0.05, 0) is 41.6 Å². The Morgan fingerprint density at radius 2 is 1.93 bits per heavy atom. The normalized spacial score (nSPS) is 11.6. The van der Waals surface area contributed by atoms with Gasteiger partial charge in [0.2, 0.25) is 0 Å². The lowest BCUT2D eigenvalue weighted by Crippen LogP contribution is -2.09. The van der Waals surface area contributed by atoms with Crippen LogP contribution in [0.2, 0.25) is 5.02 Å². The molecule has 0 heterocycles. The van der Waals surface area contributed by atoms with E-state index >= 15 is 0 Å². The van der Waals surface area contributed by atoms with E-state index in [2.05, 4.69) is 0 Å². The molecule has 0 aliphatic heterocycles. The van der Waals surface area contributed by atoms with E-state index < -0.39 is 11.7 Å². The van der Waals surface area contributed by atoms with Crippen LogP contribution < -0.4 is 0 Å². The van der Waals surface area contributed by atoms with Crippen molar-refractivity contribution in [3.05, 3.63) is 31.9 Å². The highest BCUT2D eigenvalue weighted by Crippen LogP contribution is 2.37. The number of halogens is 5. The molecule has 0 spiro atoms. The molecule has 0 saturated carbocycles. The number of hydrogen-bond donors (Lipinski definition) is 0. The fourth-order valence-electron chi connectivity index (χ4n) is 1.04. The third-order valence-corrected chi connectivity index (χ3v) is 3.60. The van der Waals surface area contributed by atoms with Crippen molar-refractivity contribution in [2.45, 2.75) is 13.1 Å². The summed E-state index contributed by atoms with van der Waals surface area (Å²) in [4.78, 5) is 11.0. The molecule has 0 fully saturated rings. The lowest BCUT2D eigenvalue weighted by molar-refractivity contribution is -0.138. The molecule has 1 aromatic rings. The monoisotopic (exact) mass is 348 g/mol. The van der Waals surface area contributed by atoms with Crippen LogP contribution in [-0.2, 0) is 6.18 Å². The summed E-state index contributed by atoms with van der Waals surface area (Å²) in [6, 6.07) is 1.96. The average Bonchev–Trinajstić information content (AvgIpc) is 2.06. The lowest BCUT2D eigenvalue weighted by atomic mass is 10.1. The summed E-state index contributed by atoms with van der Waals surface area (Å²) in [7, 11) is 0. The highest BCUT2D eigenvalue weighted by molar-refractivity contribution is 14.1. The highest BCUT2D eigenvalue weighted by atomic mass is 127. The second-order valence-electron chi connectivity index (χ2n) is 2.84. The molecule has 1 rings (SSSR count). The minimum Gasteiger partial charge on any atom is -0.294 e. The maximum absolute atomic E-state index is 12.4. The van der Waals surface area contributed by atoms with Crippen molar-refractivity contribution in [3.63, 3.8) is 0 Å². The Kier molecular flexibility index (Phi) is 3.65. The van der Waals surface area contributed by atoms with Gasteiger partial charge < -0.3 is 0 Å². The van der Waals surface area contributed by atoms with Crippen molar-refractivity contribution in [2.24, 2.45) is 0 Å². The molecule has 0 bridgehead atoms. The molecule has 0 atom stereocenters. The minimum absolute atomic E-state index is 0.106. The third kappa shape index (κ3) is 2.63. The van der Waals surface area contributed by atoms with E-state index in [0.717, 1.165) is 12.1 Å². The largest absolute Gasteiger partial charge is 0.417 e. The standard InChI is InChI=1S/C9H5ClF3IO/c1-4(15)5-2-3-6(9(11,12)13)8(14)7(5)10/h2-3H,1H3. The Morgan fingerprint density at radius 1 is 1.40 bits per heavy atom. The molecule has 1 aromatic carbocycles. The van der Waals surface area contributed by atoms with Gasteiger partial charge in [0, 0.05) is 9.13 Å². The third-order valence-electron chi connectivity index (χ3n) is 1.77. The van der Waals surface area contributed by atoms with Gasteiger partial charge in [-0.2, -0.15) is 13.2 Å². The zero-order chi connectivity index (χ0) is 11.8. The van der Waals surface area contributed by atoms with Crippen LogP contribution in [0.25, 0.3) is 0 Å². The number of carbonyl (C=O) groups is 1. The minimum atomic E-state index is -4.45. The molecule has 1 nitrogen and oxygen atoms in total. The van der Waals surface area contributed by atoms with Gasteiger partial charge in [-0.15, -0.1) is 0 Å². The van der Waals surface area contributed by atoms with E-state index in [4.69, 9.17) is 11.6 Å². The molecule has 0 unspecified atom stereocenters. The van der Waals surface area contributed by atoms with Crippen LogP contribution >= 0.6 is 34.2 Å². The predicted octanol–water partition coefficient (Wildman–Crippen LogP) is 4.17. The first kappa shape index (κ1) is 12.8. The van der Waals surface area contributed by atoms with E-state index in [0.29, 0.717) is 0 Å². The fraction of sp³-hybridized carbons (Fsp3) is 0.222. The summed E-state index contributed by atoms with van der Waals surface area (Å²) in [6.07, 6.45) is -4.45. The Morgan fingerprint density at radius 3 is 2.33 bits per heavy atom. The Hall–Kier alpha value is -0.300. The summed E-state index contributed by atoms with van der Waals surface area (Å²) in [5, 5.41) is -0.141. The number of benzene rings is 1. The van der Waals surface area contributed by atoms with Crippen LogP contribution in [0.1, 0.15) is 22.8 Å². The molecule has 0 aliphatic carbocycles. The van der Waals surface area contributed by atoms with Crippen LogP contribution in [0, 0.1) is 3.57 Å². The molecule has 0 aliphatic rings. The van der Waals surface area contributed by atoms with E-state index in [1.807, 2.05) is 0 Å². The van der Waals surface area contributed by atoms with Crippen molar-refractivity contribution in [3.8, 4) is 0 Å². The molecule has 6 heteroatoms. The number of alkyl halides is 3. The molecule has 0 N–H and O–H groups in total. The van der Waals surface area contributed by atoms with E-state index in [9.17, 15) is 18.0 Å². The molecule has 0 amide bonds. The molecule has 15 heavy (non-hydrogen) atoms. The van der Waals surface area contributed by atoms with Crippen LogP contribution in [0.15, 0.2) is 12.1 Å². The molecular weight excluding hydrogens is 343 g/mol. The second-order valence-corrected chi connectivity index (χ2v) is 4.30. The van der Waals surface area contributed by atoms with Gasteiger partial charge in [-0.1, -0.05) is 11.6 Å². The quantitative estimate of drug-likeness (QED) is 0.550. The molecule has 0 saturated heterocycles. The second kappa shape index (κ2) is 4.29. The number of carbonyl (C=O) groups excluding carboxylic acids is 1. The first-order valence-electron chi connectivity index (χ1n) is 3.81. The van der Waals surface area contributed by atoms with Gasteiger partial charge in [0.15, 0.2) is 5.78 Å². The van der Waals surface area contributed by atoms with Crippen molar-refractivity contribution in [1.82, 2.24) is 0 Å². The van der Waals surface area contributed by atoms with E-state index in [1.54, 1.807) is 0 Å². The van der Waals surface area contributed by atoms with Gasteiger partial charge in [0.1, 0.15) is 0 Å². The smallest absolute Gasteiger partial charge is 0.294 e. The van der Waals surface area contributed by atoms with Crippen molar-refractivity contribution in [1.29, 1.82) is 0 Å². The summed E-state index contributed by atoms with van der Waals surface area (Å²) in [5.74, 6) is -0.355. The van der Waals surface area contributed by atoms with Crippen molar-refractivity contribution >= 4 is 40.0 Å². The topological polar surface area (TPSA) is 17.1 Å². The molecule has 0 aromatic heterocycles. The van der Waals surface area contributed by atoms with E-state index in [1.165, 1.54) is 29.5 Å².